The third-order valence-electron chi connectivity index (χ3n) is 4.37. The fourth-order valence-corrected chi connectivity index (χ4v) is 3.41. The zero-order valence-corrected chi connectivity index (χ0v) is 15.9. The summed E-state index contributed by atoms with van der Waals surface area (Å²) >= 11 is 3.48. The average molecular weight is 405 g/mol. The SMILES string of the molecule is COc1cc2c(cc1OC)CN(C(=O)CNc1ccccc1Br)CC2. The van der Waals surface area contributed by atoms with Crippen LogP contribution >= 0.6 is 15.9 Å². The van der Waals surface area contributed by atoms with Gasteiger partial charge in [0.2, 0.25) is 5.91 Å². The maximum Gasteiger partial charge on any atom is 0.242 e. The minimum absolute atomic E-state index is 0.0798. The van der Waals surface area contributed by atoms with Crippen molar-refractivity contribution in [3.8, 4) is 11.5 Å². The summed E-state index contributed by atoms with van der Waals surface area (Å²) in [4.78, 5) is 14.4. The smallest absolute Gasteiger partial charge is 0.242 e. The number of methoxy groups -OCH3 is 2. The Bertz CT molecular complexity index is 779. The number of benzene rings is 2. The number of carbonyl (C=O) groups excluding carboxylic acids is 1. The highest BCUT2D eigenvalue weighted by molar-refractivity contribution is 9.10. The number of carbonyl (C=O) groups is 1. The Labute approximate surface area is 156 Å². The lowest BCUT2D eigenvalue weighted by Gasteiger charge is -2.30. The van der Waals surface area contributed by atoms with Crippen molar-refractivity contribution in [2.75, 3.05) is 32.6 Å². The molecule has 6 heteroatoms. The number of fused-ring (bicyclic) bond motifs is 1. The number of nitrogens with zero attached hydrogens (tertiary/aromatic N) is 1. The number of nitrogens with one attached hydrogen (secondary N) is 1. The summed E-state index contributed by atoms with van der Waals surface area (Å²) in [5.41, 5.74) is 3.23. The molecular weight excluding hydrogens is 384 g/mol. The van der Waals surface area contributed by atoms with Crippen LogP contribution in [0.15, 0.2) is 40.9 Å². The second-order valence-corrected chi connectivity index (χ2v) is 6.73. The number of rotatable bonds is 5. The van der Waals surface area contributed by atoms with Gasteiger partial charge in [-0.25, -0.2) is 0 Å². The molecule has 0 bridgehead atoms. The number of hydrogen-bond acceptors (Lipinski definition) is 4. The quantitative estimate of drug-likeness (QED) is 0.828. The molecule has 1 aliphatic rings. The summed E-state index contributed by atoms with van der Waals surface area (Å²) in [5.74, 6) is 1.51. The predicted molar refractivity (Wildman–Crippen MR) is 101 cm³/mol. The summed E-state index contributed by atoms with van der Waals surface area (Å²) in [5, 5.41) is 3.19. The highest BCUT2D eigenvalue weighted by Gasteiger charge is 2.22. The summed E-state index contributed by atoms with van der Waals surface area (Å²) in [6, 6.07) is 11.8. The molecule has 1 aliphatic heterocycles. The first-order valence-electron chi connectivity index (χ1n) is 8.12. The molecule has 1 heterocycles. The summed E-state index contributed by atoms with van der Waals surface area (Å²) in [6.45, 7) is 1.57. The maximum atomic E-state index is 12.6. The number of amides is 1. The number of hydrogen-bond donors (Lipinski definition) is 1. The lowest BCUT2D eigenvalue weighted by molar-refractivity contribution is -0.130. The number of ether oxygens (including phenoxy) is 2. The van der Waals surface area contributed by atoms with Crippen LogP contribution in [-0.4, -0.2) is 38.1 Å². The van der Waals surface area contributed by atoms with Crippen molar-refractivity contribution in [3.05, 3.63) is 52.0 Å². The molecule has 0 saturated heterocycles. The summed E-state index contributed by atoms with van der Waals surface area (Å²) in [6.07, 6.45) is 0.816. The maximum absolute atomic E-state index is 12.6. The highest BCUT2D eigenvalue weighted by atomic mass is 79.9. The molecule has 132 valence electrons. The molecule has 0 atom stereocenters. The van der Waals surface area contributed by atoms with Crippen molar-refractivity contribution in [2.45, 2.75) is 13.0 Å². The van der Waals surface area contributed by atoms with Crippen LogP contribution in [0.3, 0.4) is 0 Å². The van der Waals surface area contributed by atoms with Gasteiger partial charge in [0.15, 0.2) is 11.5 Å². The van der Waals surface area contributed by atoms with Crippen molar-refractivity contribution in [1.29, 1.82) is 0 Å². The van der Waals surface area contributed by atoms with Crippen LogP contribution in [0.1, 0.15) is 11.1 Å². The van der Waals surface area contributed by atoms with Crippen molar-refractivity contribution < 1.29 is 14.3 Å². The average Bonchev–Trinajstić information content (AvgIpc) is 2.65. The molecule has 0 aliphatic carbocycles. The Hall–Kier alpha value is -2.21. The van der Waals surface area contributed by atoms with Crippen LogP contribution < -0.4 is 14.8 Å². The van der Waals surface area contributed by atoms with Gasteiger partial charge in [-0.1, -0.05) is 12.1 Å². The van der Waals surface area contributed by atoms with Crippen LogP contribution in [0.4, 0.5) is 5.69 Å². The van der Waals surface area contributed by atoms with Gasteiger partial charge < -0.3 is 19.7 Å². The Morgan fingerprint density at radius 2 is 1.84 bits per heavy atom. The molecule has 0 aromatic heterocycles. The van der Waals surface area contributed by atoms with Crippen LogP contribution in [0.25, 0.3) is 0 Å². The van der Waals surface area contributed by atoms with Crippen molar-refractivity contribution in [3.63, 3.8) is 0 Å². The molecule has 25 heavy (non-hydrogen) atoms. The first kappa shape index (κ1) is 17.6. The van der Waals surface area contributed by atoms with E-state index in [9.17, 15) is 4.79 Å². The topological polar surface area (TPSA) is 50.8 Å². The van der Waals surface area contributed by atoms with E-state index in [0.29, 0.717) is 18.8 Å². The minimum atomic E-state index is 0.0798. The molecule has 2 aromatic rings. The van der Waals surface area contributed by atoms with Gasteiger partial charge in [-0.15, -0.1) is 0 Å². The second-order valence-electron chi connectivity index (χ2n) is 5.87. The van der Waals surface area contributed by atoms with E-state index in [4.69, 9.17) is 9.47 Å². The molecule has 0 unspecified atom stereocenters. The first-order valence-corrected chi connectivity index (χ1v) is 8.91. The van der Waals surface area contributed by atoms with Gasteiger partial charge in [0.25, 0.3) is 0 Å². The molecule has 0 saturated carbocycles. The third kappa shape index (κ3) is 3.90. The molecule has 0 spiro atoms. The first-order chi connectivity index (χ1) is 12.1. The van der Waals surface area contributed by atoms with Gasteiger partial charge in [0.1, 0.15) is 0 Å². The zero-order valence-electron chi connectivity index (χ0n) is 14.3. The molecule has 3 rings (SSSR count). The van der Waals surface area contributed by atoms with Crippen LogP contribution in [0.5, 0.6) is 11.5 Å². The van der Waals surface area contributed by atoms with Crippen molar-refractivity contribution >= 4 is 27.5 Å². The van der Waals surface area contributed by atoms with E-state index in [0.717, 1.165) is 27.9 Å². The largest absolute Gasteiger partial charge is 0.493 e. The summed E-state index contributed by atoms with van der Waals surface area (Å²) < 4.78 is 11.7. The van der Waals surface area contributed by atoms with E-state index in [1.165, 1.54) is 5.56 Å². The lowest BCUT2D eigenvalue weighted by atomic mass is 9.98. The van der Waals surface area contributed by atoms with Crippen LogP contribution in [-0.2, 0) is 17.8 Å². The Morgan fingerprint density at radius 1 is 1.16 bits per heavy atom. The van der Waals surface area contributed by atoms with E-state index in [2.05, 4.69) is 21.2 Å². The van der Waals surface area contributed by atoms with Crippen molar-refractivity contribution in [1.82, 2.24) is 4.90 Å². The van der Waals surface area contributed by atoms with Gasteiger partial charge in [0, 0.05) is 23.2 Å². The third-order valence-corrected chi connectivity index (χ3v) is 5.07. The molecular formula is C19H21BrN2O3. The molecule has 5 nitrogen and oxygen atoms in total. The predicted octanol–water partition coefficient (Wildman–Crippen LogP) is 3.46. The summed E-state index contributed by atoms with van der Waals surface area (Å²) in [7, 11) is 3.26. The van der Waals surface area contributed by atoms with E-state index < -0.39 is 0 Å². The Kier molecular flexibility index (Phi) is 5.48. The number of halogens is 1. The van der Waals surface area contributed by atoms with Gasteiger partial charge in [0.05, 0.1) is 20.8 Å². The standard InChI is InChI=1S/C19H21BrN2O3/c1-24-17-9-13-7-8-22(12-14(13)10-18(17)25-2)19(23)11-21-16-6-4-3-5-15(16)20/h3-6,9-10,21H,7-8,11-12H2,1-2H3. The fraction of sp³-hybridized carbons (Fsp3) is 0.316. The molecule has 0 fully saturated rings. The Morgan fingerprint density at radius 3 is 2.52 bits per heavy atom. The lowest BCUT2D eigenvalue weighted by Crippen LogP contribution is -2.39. The molecule has 0 radical (unpaired) electrons. The zero-order chi connectivity index (χ0) is 17.8. The van der Waals surface area contributed by atoms with E-state index >= 15 is 0 Å². The Balaban J connectivity index is 1.67. The molecule has 1 amide bonds. The molecule has 1 N–H and O–H groups in total. The normalized spacial score (nSPS) is 13.2. The molecule has 2 aromatic carbocycles. The number of para-hydroxylation sites is 1. The van der Waals surface area contributed by atoms with E-state index in [1.54, 1.807) is 14.2 Å². The number of anilines is 1. The van der Waals surface area contributed by atoms with Gasteiger partial charge in [-0.3, -0.25) is 4.79 Å². The highest BCUT2D eigenvalue weighted by Crippen LogP contribution is 2.33. The van der Waals surface area contributed by atoms with Crippen LogP contribution in [0.2, 0.25) is 0 Å². The van der Waals surface area contributed by atoms with E-state index in [1.807, 2.05) is 41.3 Å². The second kappa shape index (κ2) is 7.78. The fourth-order valence-electron chi connectivity index (χ4n) is 2.98. The van der Waals surface area contributed by atoms with Gasteiger partial charge in [-0.2, -0.15) is 0 Å². The van der Waals surface area contributed by atoms with Crippen LogP contribution in [0, 0.1) is 0 Å². The van der Waals surface area contributed by atoms with Gasteiger partial charge >= 0.3 is 0 Å². The van der Waals surface area contributed by atoms with E-state index in [-0.39, 0.29) is 12.5 Å². The monoisotopic (exact) mass is 404 g/mol. The van der Waals surface area contributed by atoms with Gasteiger partial charge in [-0.05, 0) is 57.7 Å². The minimum Gasteiger partial charge on any atom is -0.493 e. The van der Waals surface area contributed by atoms with Crippen molar-refractivity contribution in [2.24, 2.45) is 0 Å².